The van der Waals surface area contributed by atoms with Crippen molar-refractivity contribution in [3.8, 4) is 0 Å². The average molecular weight is 442 g/mol. The lowest BCUT2D eigenvalue weighted by atomic mass is 10.1. The normalized spacial score (nSPS) is 14.7. The standard InChI is InChI=1S/C17H20BrN3O6/c1-17(2,3)27-13(22)7-6-12(15(19)23)20-8-10-9(16(20)24)4-5-11(18)14(10)21(25)26/h4-5,12H,6-8H2,1-3H3,(H2,19,23). The summed E-state index contributed by atoms with van der Waals surface area (Å²) in [6.45, 7) is 5.02. The minimum atomic E-state index is -1.07. The molecule has 1 aliphatic heterocycles. The van der Waals surface area contributed by atoms with E-state index in [-0.39, 0.29) is 40.7 Å². The molecule has 0 saturated carbocycles. The van der Waals surface area contributed by atoms with Crippen molar-refractivity contribution < 1.29 is 24.0 Å². The molecule has 1 aromatic rings. The van der Waals surface area contributed by atoms with Crippen LogP contribution in [0.25, 0.3) is 0 Å². The third-order valence-electron chi connectivity index (χ3n) is 3.98. The Morgan fingerprint density at radius 3 is 2.56 bits per heavy atom. The highest BCUT2D eigenvalue weighted by atomic mass is 79.9. The van der Waals surface area contributed by atoms with Crippen molar-refractivity contribution in [2.75, 3.05) is 0 Å². The number of carbonyl (C=O) groups is 3. The first-order valence-electron chi connectivity index (χ1n) is 8.20. The predicted octanol–water partition coefficient (Wildman–Crippen LogP) is 2.29. The predicted molar refractivity (Wildman–Crippen MR) is 98.7 cm³/mol. The van der Waals surface area contributed by atoms with Gasteiger partial charge < -0.3 is 15.4 Å². The summed E-state index contributed by atoms with van der Waals surface area (Å²) in [7, 11) is 0. The van der Waals surface area contributed by atoms with Gasteiger partial charge in [-0.3, -0.25) is 24.5 Å². The Kier molecular flexibility index (Phi) is 5.88. The van der Waals surface area contributed by atoms with Crippen LogP contribution >= 0.6 is 15.9 Å². The number of primary amides is 1. The number of fused-ring (bicyclic) bond motifs is 1. The second-order valence-electron chi connectivity index (χ2n) is 7.16. The van der Waals surface area contributed by atoms with Crippen LogP contribution in [0.5, 0.6) is 0 Å². The van der Waals surface area contributed by atoms with E-state index in [0.717, 1.165) is 4.90 Å². The fourth-order valence-electron chi connectivity index (χ4n) is 2.91. The number of benzene rings is 1. The summed E-state index contributed by atoms with van der Waals surface area (Å²) < 4.78 is 5.44. The van der Waals surface area contributed by atoms with E-state index in [9.17, 15) is 24.5 Å². The van der Waals surface area contributed by atoms with Gasteiger partial charge in [-0.05, 0) is 55.3 Å². The van der Waals surface area contributed by atoms with Crippen LogP contribution in [0.4, 0.5) is 5.69 Å². The van der Waals surface area contributed by atoms with Crippen LogP contribution in [0.2, 0.25) is 0 Å². The maximum atomic E-state index is 12.7. The molecule has 1 unspecified atom stereocenters. The number of hydrogen-bond donors (Lipinski definition) is 1. The van der Waals surface area contributed by atoms with Crippen LogP contribution in [-0.2, 0) is 20.9 Å². The fourth-order valence-corrected chi connectivity index (χ4v) is 3.43. The molecule has 2 rings (SSSR count). The van der Waals surface area contributed by atoms with Gasteiger partial charge in [0.1, 0.15) is 11.6 Å². The van der Waals surface area contributed by atoms with Gasteiger partial charge in [0, 0.05) is 6.42 Å². The number of hydrogen-bond acceptors (Lipinski definition) is 6. The Morgan fingerprint density at radius 2 is 2.04 bits per heavy atom. The van der Waals surface area contributed by atoms with Gasteiger partial charge in [0.15, 0.2) is 0 Å². The number of nitro groups is 1. The molecule has 27 heavy (non-hydrogen) atoms. The van der Waals surface area contributed by atoms with Gasteiger partial charge in [-0.25, -0.2) is 0 Å². The van der Waals surface area contributed by atoms with Crippen LogP contribution in [0.15, 0.2) is 16.6 Å². The van der Waals surface area contributed by atoms with Gasteiger partial charge >= 0.3 is 5.97 Å². The van der Waals surface area contributed by atoms with Crippen LogP contribution in [-0.4, -0.2) is 39.2 Å². The smallest absolute Gasteiger partial charge is 0.306 e. The second-order valence-corrected chi connectivity index (χ2v) is 8.01. The first-order valence-corrected chi connectivity index (χ1v) is 8.99. The molecule has 0 saturated heterocycles. The zero-order valence-electron chi connectivity index (χ0n) is 15.2. The highest BCUT2D eigenvalue weighted by molar-refractivity contribution is 9.10. The van der Waals surface area contributed by atoms with Crippen LogP contribution in [0.1, 0.15) is 49.5 Å². The molecule has 1 atom stereocenters. The molecular formula is C17H20BrN3O6. The summed E-state index contributed by atoms with van der Waals surface area (Å²) >= 11 is 3.11. The fraction of sp³-hybridized carbons (Fsp3) is 0.471. The monoisotopic (exact) mass is 441 g/mol. The molecule has 1 heterocycles. The molecule has 1 aliphatic rings. The Hall–Kier alpha value is -2.49. The highest BCUT2D eigenvalue weighted by Crippen LogP contribution is 2.37. The first-order chi connectivity index (χ1) is 12.4. The maximum absolute atomic E-state index is 12.7. The Labute approximate surface area is 164 Å². The molecule has 146 valence electrons. The van der Waals surface area contributed by atoms with Crippen molar-refractivity contribution in [3.05, 3.63) is 37.8 Å². The van der Waals surface area contributed by atoms with E-state index in [4.69, 9.17) is 10.5 Å². The summed E-state index contributed by atoms with van der Waals surface area (Å²) in [6.07, 6.45) is -0.143. The van der Waals surface area contributed by atoms with E-state index in [2.05, 4.69) is 15.9 Å². The van der Waals surface area contributed by atoms with E-state index < -0.39 is 34.3 Å². The SMILES string of the molecule is CC(C)(C)OC(=O)CCC(C(N)=O)N1Cc2c(ccc(Br)c2[N+](=O)[O-])C1=O. The molecule has 10 heteroatoms. The van der Waals surface area contributed by atoms with Crippen LogP contribution < -0.4 is 5.73 Å². The van der Waals surface area contributed by atoms with Crippen molar-refractivity contribution in [1.82, 2.24) is 4.90 Å². The van der Waals surface area contributed by atoms with Gasteiger partial charge in [0.2, 0.25) is 5.91 Å². The third kappa shape index (κ3) is 4.62. The highest BCUT2D eigenvalue weighted by Gasteiger charge is 2.40. The molecular weight excluding hydrogens is 422 g/mol. The number of esters is 1. The topological polar surface area (TPSA) is 133 Å². The van der Waals surface area contributed by atoms with E-state index in [1.54, 1.807) is 20.8 Å². The number of rotatable bonds is 6. The quantitative estimate of drug-likeness (QED) is 0.408. The number of halogens is 1. The van der Waals surface area contributed by atoms with Crippen molar-refractivity contribution >= 4 is 39.4 Å². The number of carbonyl (C=O) groups excluding carboxylic acids is 3. The minimum Gasteiger partial charge on any atom is -0.460 e. The number of nitrogens with two attached hydrogens (primary N) is 1. The zero-order chi connectivity index (χ0) is 20.5. The van der Waals surface area contributed by atoms with Crippen LogP contribution in [0, 0.1) is 10.1 Å². The van der Waals surface area contributed by atoms with Gasteiger partial charge in [-0.2, -0.15) is 0 Å². The molecule has 0 fully saturated rings. The van der Waals surface area contributed by atoms with Gasteiger partial charge in [0.05, 0.1) is 27.1 Å². The molecule has 9 nitrogen and oxygen atoms in total. The van der Waals surface area contributed by atoms with E-state index >= 15 is 0 Å². The molecule has 0 aliphatic carbocycles. The summed E-state index contributed by atoms with van der Waals surface area (Å²) in [4.78, 5) is 48.4. The summed E-state index contributed by atoms with van der Waals surface area (Å²) in [5.41, 5.74) is 4.89. The van der Waals surface area contributed by atoms with E-state index in [1.807, 2.05) is 0 Å². The van der Waals surface area contributed by atoms with Gasteiger partial charge in [-0.1, -0.05) is 0 Å². The molecule has 2 amide bonds. The van der Waals surface area contributed by atoms with Crippen molar-refractivity contribution in [2.45, 2.75) is 51.8 Å². The molecule has 0 radical (unpaired) electrons. The van der Waals surface area contributed by atoms with Crippen molar-refractivity contribution in [3.63, 3.8) is 0 Å². The minimum absolute atomic E-state index is 0.0288. The average Bonchev–Trinajstić information content (AvgIpc) is 2.81. The van der Waals surface area contributed by atoms with Gasteiger partial charge in [-0.15, -0.1) is 0 Å². The number of ether oxygens (including phenoxy) is 1. The Balaban J connectivity index is 2.23. The Morgan fingerprint density at radius 1 is 1.41 bits per heavy atom. The molecule has 0 spiro atoms. The lowest BCUT2D eigenvalue weighted by Crippen LogP contribution is -2.45. The lowest BCUT2D eigenvalue weighted by molar-refractivity contribution is -0.386. The van der Waals surface area contributed by atoms with Gasteiger partial charge in [0.25, 0.3) is 11.6 Å². The van der Waals surface area contributed by atoms with Crippen molar-refractivity contribution in [1.29, 1.82) is 0 Å². The van der Waals surface area contributed by atoms with Crippen LogP contribution in [0.3, 0.4) is 0 Å². The lowest BCUT2D eigenvalue weighted by Gasteiger charge is -2.25. The maximum Gasteiger partial charge on any atom is 0.306 e. The largest absolute Gasteiger partial charge is 0.460 e. The van der Waals surface area contributed by atoms with Crippen molar-refractivity contribution in [2.24, 2.45) is 5.73 Å². The molecule has 2 N–H and O–H groups in total. The Bertz CT molecular complexity index is 818. The molecule has 0 bridgehead atoms. The number of nitro benzene ring substituents is 1. The number of nitrogens with zero attached hydrogens (tertiary/aromatic N) is 2. The summed E-state index contributed by atoms with van der Waals surface area (Å²) in [6, 6.07) is 1.80. The molecule has 0 aromatic heterocycles. The zero-order valence-corrected chi connectivity index (χ0v) is 16.7. The number of amides is 2. The summed E-state index contributed by atoms with van der Waals surface area (Å²) in [5.74, 6) is -1.85. The summed E-state index contributed by atoms with van der Waals surface area (Å²) in [5, 5.41) is 11.3. The first kappa shape index (κ1) is 20.8. The third-order valence-corrected chi connectivity index (χ3v) is 4.62. The van der Waals surface area contributed by atoms with E-state index in [0.29, 0.717) is 0 Å². The second kappa shape index (κ2) is 7.63. The molecule has 1 aromatic carbocycles. The van der Waals surface area contributed by atoms with E-state index in [1.165, 1.54) is 12.1 Å².